The molecule has 4 heteroatoms. The van der Waals surface area contributed by atoms with Crippen molar-refractivity contribution in [3.8, 4) is 5.75 Å². The number of aliphatic hydroxyl groups is 1. The summed E-state index contributed by atoms with van der Waals surface area (Å²) in [7, 11) is 0. The van der Waals surface area contributed by atoms with E-state index in [2.05, 4.69) is 6.07 Å². The summed E-state index contributed by atoms with van der Waals surface area (Å²) in [6.07, 6.45) is 3.81. The summed E-state index contributed by atoms with van der Waals surface area (Å²) in [5, 5.41) is 9.16. The minimum atomic E-state index is 0.0263. The summed E-state index contributed by atoms with van der Waals surface area (Å²) in [4.78, 5) is 14.4. The maximum atomic E-state index is 12.5. The van der Waals surface area contributed by atoms with Crippen molar-refractivity contribution in [1.82, 2.24) is 4.90 Å². The minimum Gasteiger partial charge on any atom is -0.483 e. The molecular formula is C18H27NO3. The third-order valence-corrected chi connectivity index (χ3v) is 4.62. The van der Waals surface area contributed by atoms with E-state index in [1.165, 1.54) is 5.56 Å². The van der Waals surface area contributed by atoms with Crippen LogP contribution in [0.4, 0.5) is 0 Å². The Morgan fingerprint density at radius 3 is 2.73 bits per heavy atom. The predicted molar refractivity (Wildman–Crippen MR) is 87.2 cm³/mol. The van der Waals surface area contributed by atoms with Crippen molar-refractivity contribution < 1.29 is 14.6 Å². The molecule has 1 amide bonds. The van der Waals surface area contributed by atoms with Gasteiger partial charge in [-0.2, -0.15) is 0 Å². The van der Waals surface area contributed by atoms with Crippen molar-refractivity contribution in [3.63, 3.8) is 0 Å². The number of benzene rings is 1. The fraction of sp³-hybridized carbons (Fsp3) is 0.611. The molecule has 1 fully saturated rings. The fourth-order valence-electron chi connectivity index (χ4n) is 3.14. The zero-order valence-corrected chi connectivity index (χ0v) is 13.9. The largest absolute Gasteiger partial charge is 0.483 e. The molecule has 22 heavy (non-hydrogen) atoms. The molecule has 0 bridgehead atoms. The Labute approximate surface area is 133 Å². The van der Waals surface area contributed by atoms with Crippen molar-refractivity contribution in [2.24, 2.45) is 0 Å². The van der Waals surface area contributed by atoms with E-state index in [1.807, 2.05) is 31.7 Å². The lowest BCUT2D eigenvalue weighted by molar-refractivity contribution is -0.137. The predicted octanol–water partition coefficient (Wildman–Crippen LogP) is 2.75. The topological polar surface area (TPSA) is 49.8 Å². The highest BCUT2D eigenvalue weighted by molar-refractivity contribution is 5.78. The van der Waals surface area contributed by atoms with Crippen molar-refractivity contribution in [3.05, 3.63) is 28.8 Å². The molecule has 0 aromatic heterocycles. The molecule has 0 aliphatic carbocycles. The molecule has 1 N–H and O–H groups in total. The number of carbonyl (C=O) groups excluding carboxylic acids is 1. The van der Waals surface area contributed by atoms with Gasteiger partial charge in [-0.25, -0.2) is 0 Å². The van der Waals surface area contributed by atoms with Gasteiger partial charge in [-0.05, 0) is 63.1 Å². The van der Waals surface area contributed by atoms with Crippen LogP contribution in [0.15, 0.2) is 12.1 Å². The lowest BCUT2D eigenvalue weighted by Gasteiger charge is -2.35. The van der Waals surface area contributed by atoms with Crippen LogP contribution in [0.5, 0.6) is 5.75 Å². The molecule has 4 nitrogen and oxygen atoms in total. The molecule has 1 atom stereocenters. The van der Waals surface area contributed by atoms with Crippen LogP contribution < -0.4 is 4.74 Å². The van der Waals surface area contributed by atoms with Gasteiger partial charge < -0.3 is 14.7 Å². The van der Waals surface area contributed by atoms with Crippen LogP contribution >= 0.6 is 0 Å². The minimum absolute atomic E-state index is 0.0263. The molecule has 2 rings (SSSR count). The number of rotatable bonds is 5. The second-order valence-electron chi connectivity index (χ2n) is 6.19. The molecule has 1 aliphatic heterocycles. The lowest BCUT2D eigenvalue weighted by atomic mass is 9.99. The van der Waals surface area contributed by atoms with Crippen LogP contribution in [-0.2, 0) is 4.79 Å². The van der Waals surface area contributed by atoms with Gasteiger partial charge in [-0.1, -0.05) is 12.1 Å². The Morgan fingerprint density at radius 2 is 2.00 bits per heavy atom. The number of carbonyl (C=O) groups is 1. The lowest BCUT2D eigenvalue weighted by Crippen LogP contribution is -2.46. The van der Waals surface area contributed by atoms with Crippen LogP contribution in [0.25, 0.3) is 0 Å². The van der Waals surface area contributed by atoms with Crippen molar-refractivity contribution >= 4 is 5.91 Å². The van der Waals surface area contributed by atoms with Gasteiger partial charge in [0.2, 0.25) is 0 Å². The summed E-state index contributed by atoms with van der Waals surface area (Å²) < 4.78 is 5.84. The highest BCUT2D eigenvalue weighted by Crippen LogP contribution is 2.26. The second-order valence-corrected chi connectivity index (χ2v) is 6.19. The molecule has 0 saturated carbocycles. The quantitative estimate of drug-likeness (QED) is 0.910. The van der Waals surface area contributed by atoms with Crippen LogP contribution in [0.2, 0.25) is 0 Å². The number of hydrogen-bond donors (Lipinski definition) is 1. The second kappa shape index (κ2) is 7.63. The molecule has 0 radical (unpaired) electrons. The number of aliphatic hydroxyl groups excluding tert-OH is 1. The smallest absolute Gasteiger partial charge is 0.260 e. The highest BCUT2D eigenvalue weighted by atomic mass is 16.5. The van der Waals surface area contributed by atoms with E-state index >= 15 is 0 Å². The van der Waals surface area contributed by atoms with E-state index in [-0.39, 0.29) is 25.2 Å². The fourth-order valence-corrected chi connectivity index (χ4v) is 3.14. The van der Waals surface area contributed by atoms with E-state index in [4.69, 9.17) is 9.84 Å². The van der Waals surface area contributed by atoms with Gasteiger partial charge in [0.1, 0.15) is 5.75 Å². The average Bonchev–Trinajstić information content (AvgIpc) is 2.52. The molecule has 0 spiro atoms. The summed E-state index contributed by atoms with van der Waals surface area (Å²) in [5.74, 6) is 0.850. The molecule has 1 saturated heterocycles. The normalized spacial score (nSPS) is 18.4. The zero-order chi connectivity index (χ0) is 16.1. The highest BCUT2D eigenvalue weighted by Gasteiger charge is 2.26. The third kappa shape index (κ3) is 3.80. The molecule has 122 valence electrons. The van der Waals surface area contributed by atoms with E-state index in [9.17, 15) is 4.79 Å². The standard InChI is InChI=1S/C18H27NO3/c1-13-7-8-14(2)18(15(13)3)22-12-17(21)19-10-5-4-6-16(19)9-11-20/h7-8,16,20H,4-6,9-12H2,1-3H3. The van der Waals surface area contributed by atoms with Crippen LogP contribution in [-0.4, -0.2) is 41.7 Å². The van der Waals surface area contributed by atoms with E-state index in [0.717, 1.165) is 42.7 Å². The van der Waals surface area contributed by atoms with Crippen LogP contribution in [0.3, 0.4) is 0 Å². The van der Waals surface area contributed by atoms with Crippen LogP contribution in [0.1, 0.15) is 42.4 Å². The molecule has 1 aromatic carbocycles. The Hall–Kier alpha value is -1.55. The van der Waals surface area contributed by atoms with Crippen molar-refractivity contribution in [2.75, 3.05) is 19.8 Å². The Bertz CT molecular complexity index is 525. The molecular weight excluding hydrogens is 278 g/mol. The van der Waals surface area contributed by atoms with Gasteiger partial charge in [0.15, 0.2) is 6.61 Å². The maximum absolute atomic E-state index is 12.5. The molecule has 1 heterocycles. The van der Waals surface area contributed by atoms with Crippen LogP contribution in [0, 0.1) is 20.8 Å². The number of hydrogen-bond acceptors (Lipinski definition) is 3. The summed E-state index contributed by atoms with van der Waals surface area (Å²) >= 11 is 0. The summed E-state index contributed by atoms with van der Waals surface area (Å²) in [6.45, 7) is 7.06. The van der Waals surface area contributed by atoms with Gasteiger partial charge >= 0.3 is 0 Å². The SMILES string of the molecule is Cc1ccc(C)c(OCC(=O)N2CCCCC2CCO)c1C. The first-order chi connectivity index (χ1) is 10.5. The van der Waals surface area contributed by atoms with Gasteiger partial charge in [-0.3, -0.25) is 4.79 Å². The number of likely N-dealkylation sites (tertiary alicyclic amines) is 1. The Balaban J connectivity index is 2.01. The first-order valence-electron chi connectivity index (χ1n) is 8.14. The Morgan fingerprint density at radius 1 is 1.27 bits per heavy atom. The van der Waals surface area contributed by atoms with E-state index in [1.54, 1.807) is 0 Å². The molecule has 1 unspecified atom stereocenters. The Kier molecular flexibility index (Phi) is 5.83. The first-order valence-corrected chi connectivity index (χ1v) is 8.14. The molecule has 1 aliphatic rings. The number of aryl methyl sites for hydroxylation is 2. The average molecular weight is 305 g/mol. The molecule has 1 aromatic rings. The van der Waals surface area contributed by atoms with E-state index in [0.29, 0.717) is 6.42 Å². The van der Waals surface area contributed by atoms with E-state index < -0.39 is 0 Å². The van der Waals surface area contributed by atoms with Crippen molar-refractivity contribution in [1.29, 1.82) is 0 Å². The van der Waals surface area contributed by atoms with Gasteiger partial charge in [-0.15, -0.1) is 0 Å². The maximum Gasteiger partial charge on any atom is 0.260 e. The first kappa shape index (κ1) is 16.8. The summed E-state index contributed by atoms with van der Waals surface area (Å²) in [6, 6.07) is 4.26. The third-order valence-electron chi connectivity index (χ3n) is 4.62. The van der Waals surface area contributed by atoms with Crippen molar-refractivity contribution in [2.45, 2.75) is 52.5 Å². The monoisotopic (exact) mass is 305 g/mol. The number of ether oxygens (including phenoxy) is 1. The number of piperidine rings is 1. The number of amides is 1. The summed E-state index contributed by atoms with van der Waals surface area (Å²) in [5.41, 5.74) is 3.32. The zero-order valence-electron chi connectivity index (χ0n) is 13.9. The van der Waals surface area contributed by atoms with Gasteiger partial charge in [0, 0.05) is 19.2 Å². The number of nitrogens with zero attached hydrogens (tertiary/aromatic N) is 1. The van der Waals surface area contributed by atoms with Gasteiger partial charge in [0.05, 0.1) is 0 Å². The van der Waals surface area contributed by atoms with Gasteiger partial charge in [0.25, 0.3) is 5.91 Å².